The first kappa shape index (κ1) is 17.4. The molecule has 0 spiro atoms. The highest BCUT2D eigenvalue weighted by atomic mass is 35.5. The Balaban J connectivity index is 0.00000200. The summed E-state index contributed by atoms with van der Waals surface area (Å²) < 4.78 is 26.6. The predicted octanol–water partition coefficient (Wildman–Crippen LogP) is 2.00. The van der Waals surface area contributed by atoms with Crippen molar-refractivity contribution in [2.45, 2.75) is 31.6 Å². The standard InChI is InChI=1S/C14H22N2O2S.ClH/c1-12-7-8-16(14(9-12)10-15)19(17,18)11-13-5-3-2-4-6-13;/h2-6,12,14H,7-11,15H2,1H3;1H. The minimum absolute atomic E-state index is 0. The smallest absolute Gasteiger partial charge is 0.218 e. The Morgan fingerprint density at radius 2 is 1.95 bits per heavy atom. The van der Waals surface area contributed by atoms with Gasteiger partial charge in [0.05, 0.1) is 5.75 Å². The monoisotopic (exact) mass is 318 g/mol. The van der Waals surface area contributed by atoms with Crippen molar-refractivity contribution in [3.63, 3.8) is 0 Å². The molecule has 1 heterocycles. The molecule has 1 aromatic rings. The van der Waals surface area contributed by atoms with E-state index in [2.05, 4.69) is 6.92 Å². The second-order valence-corrected chi connectivity index (χ2v) is 7.29. The van der Waals surface area contributed by atoms with E-state index in [1.54, 1.807) is 4.31 Å². The van der Waals surface area contributed by atoms with E-state index in [-0.39, 0.29) is 24.2 Å². The van der Waals surface area contributed by atoms with E-state index in [0.717, 1.165) is 18.4 Å². The van der Waals surface area contributed by atoms with E-state index in [1.165, 1.54) is 0 Å². The van der Waals surface area contributed by atoms with Crippen LogP contribution in [0.2, 0.25) is 0 Å². The molecule has 1 saturated heterocycles. The lowest BCUT2D eigenvalue weighted by Gasteiger charge is -2.36. The van der Waals surface area contributed by atoms with Gasteiger partial charge in [0.25, 0.3) is 0 Å². The van der Waals surface area contributed by atoms with Gasteiger partial charge in [0.15, 0.2) is 0 Å². The average molecular weight is 319 g/mol. The van der Waals surface area contributed by atoms with Crippen LogP contribution in [-0.2, 0) is 15.8 Å². The lowest BCUT2D eigenvalue weighted by atomic mass is 9.94. The topological polar surface area (TPSA) is 63.4 Å². The number of nitrogens with two attached hydrogens (primary N) is 1. The van der Waals surface area contributed by atoms with Crippen LogP contribution in [0.15, 0.2) is 30.3 Å². The molecule has 1 aromatic carbocycles. The molecular formula is C14H23ClN2O2S. The van der Waals surface area contributed by atoms with Gasteiger partial charge in [0.2, 0.25) is 10.0 Å². The van der Waals surface area contributed by atoms with E-state index >= 15 is 0 Å². The van der Waals surface area contributed by atoms with Crippen molar-refractivity contribution in [1.29, 1.82) is 0 Å². The second kappa shape index (κ2) is 7.41. The third-order valence-corrected chi connectivity index (χ3v) is 5.64. The van der Waals surface area contributed by atoms with Crippen LogP contribution in [0.25, 0.3) is 0 Å². The minimum atomic E-state index is -3.27. The molecule has 0 saturated carbocycles. The summed E-state index contributed by atoms with van der Waals surface area (Å²) in [5, 5.41) is 0. The number of halogens is 1. The molecule has 2 unspecified atom stereocenters. The first-order valence-corrected chi connectivity index (χ1v) is 8.37. The zero-order valence-electron chi connectivity index (χ0n) is 11.7. The quantitative estimate of drug-likeness (QED) is 0.923. The van der Waals surface area contributed by atoms with Gasteiger partial charge in [-0.25, -0.2) is 8.42 Å². The summed E-state index contributed by atoms with van der Waals surface area (Å²) in [7, 11) is -3.27. The second-order valence-electron chi connectivity index (χ2n) is 5.37. The maximum atomic E-state index is 12.5. The molecule has 0 amide bonds. The molecule has 1 aliphatic heterocycles. The molecule has 4 nitrogen and oxygen atoms in total. The van der Waals surface area contributed by atoms with Gasteiger partial charge in [0, 0.05) is 19.1 Å². The lowest BCUT2D eigenvalue weighted by Crippen LogP contribution is -2.49. The Labute approximate surface area is 127 Å². The normalized spacial score (nSPS) is 24.1. The van der Waals surface area contributed by atoms with Gasteiger partial charge in [-0.1, -0.05) is 37.3 Å². The Morgan fingerprint density at radius 3 is 2.55 bits per heavy atom. The van der Waals surface area contributed by atoms with Gasteiger partial charge < -0.3 is 5.73 Å². The van der Waals surface area contributed by atoms with Crippen LogP contribution in [-0.4, -0.2) is 31.9 Å². The van der Waals surface area contributed by atoms with Crippen molar-refractivity contribution in [1.82, 2.24) is 4.31 Å². The van der Waals surface area contributed by atoms with E-state index in [4.69, 9.17) is 5.73 Å². The maximum Gasteiger partial charge on any atom is 0.218 e. The fourth-order valence-corrected chi connectivity index (χ4v) is 4.47. The van der Waals surface area contributed by atoms with Crippen LogP contribution in [0.4, 0.5) is 0 Å². The zero-order valence-corrected chi connectivity index (χ0v) is 13.4. The predicted molar refractivity (Wildman–Crippen MR) is 84.3 cm³/mol. The van der Waals surface area contributed by atoms with Gasteiger partial charge in [-0.15, -0.1) is 12.4 Å². The fourth-order valence-electron chi connectivity index (χ4n) is 2.68. The fraction of sp³-hybridized carbons (Fsp3) is 0.571. The largest absolute Gasteiger partial charge is 0.329 e. The Bertz CT molecular complexity index is 507. The average Bonchev–Trinajstić information content (AvgIpc) is 2.38. The van der Waals surface area contributed by atoms with Crippen LogP contribution < -0.4 is 5.73 Å². The highest BCUT2D eigenvalue weighted by molar-refractivity contribution is 7.88. The van der Waals surface area contributed by atoms with Gasteiger partial charge in [-0.05, 0) is 24.3 Å². The molecule has 0 aromatic heterocycles. The first-order chi connectivity index (χ1) is 9.03. The summed E-state index contributed by atoms with van der Waals surface area (Å²) in [5.74, 6) is 0.621. The molecular weight excluding hydrogens is 296 g/mol. The van der Waals surface area contributed by atoms with E-state index < -0.39 is 10.0 Å². The molecule has 2 N–H and O–H groups in total. The molecule has 0 aliphatic carbocycles. The van der Waals surface area contributed by atoms with Crippen LogP contribution in [0.5, 0.6) is 0 Å². The molecule has 1 aliphatic rings. The van der Waals surface area contributed by atoms with E-state index in [0.29, 0.717) is 19.0 Å². The van der Waals surface area contributed by atoms with E-state index in [1.807, 2.05) is 30.3 Å². The lowest BCUT2D eigenvalue weighted by molar-refractivity contribution is 0.211. The number of hydrogen-bond acceptors (Lipinski definition) is 3. The molecule has 2 rings (SSSR count). The van der Waals surface area contributed by atoms with Crippen molar-refractivity contribution >= 4 is 22.4 Å². The summed E-state index contributed by atoms with van der Waals surface area (Å²) >= 11 is 0. The number of rotatable bonds is 4. The van der Waals surface area contributed by atoms with Crippen molar-refractivity contribution in [3.8, 4) is 0 Å². The number of piperidine rings is 1. The van der Waals surface area contributed by atoms with E-state index in [9.17, 15) is 8.42 Å². The molecule has 114 valence electrons. The summed E-state index contributed by atoms with van der Waals surface area (Å²) in [6, 6.07) is 9.27. The molecule has 2 atom stereocenters. The Hall–Kier alpha value is -0.620. The van der Waals surface area contributed by atoms with Crippen LogP contribution in [0.3, 0.4) is 0 Å². The number of nitrogens with zero attached hydrogens (tertiary/aromatic N) is 1. The molecule has 0 bridgehead atoms. The Morgan fingerprint density at radius 1 is 1.30 bits per heavy atom. The van der Waals surface area contributed by atoms with Crippen molar-refractivity contribution in [3.05, 3.63) is 35.9 Å². The molecule has 20 heavy (non-hydrogen) atoms. The van der Waals surface area contributed by atoms with Gasteiger partial charge in [-0.2, -0.15) is 4.31 Å². The third-order valence-electron chi connectivity index (χ3n) is 3.75. The van der Waals surface area contributed by atoms with Gasteiger partial charge in [-0.3, -0.25) is 0 Å². The summed E-state index contributed by atoms with van der Waals surface area (Å²) in [6.07, 6.45) is 1.79. The van der Waals surface area contributed by atoms with Gasteiger partial charge in [0.1, 0.15) is 0 Å². The van der Waals surface area contributed by atoms with Crippen LogP contribution in [0.1, 0.15) is 25.3 Å². The first-order valence-electron chi connectivity index (χ1n) is 6.76. The zero-order chi connectivity index (χ0) is 13.9. The summed E-state index contributed by atoms with van der Waals surface area (Å²) in [6.45, 7) is 3.15. The van der Waals surface area contributed by atoms with Crippen LogP contribution in [0, 0.1) is 5.92 Å². The third kappa shape index (κ3) is 4.19. The highest BCUT2D eigenvalue weighted by Crippen LogP contribution is 2.26. The summed E-state index contributed by atoms with van der Waals surface area (Å²) in [5.41, 5.74) is 6.57. The molecule has 1 fully saturated rings. The SMILES string of the molecule is CC1CCN(S(=O)(=O)Cc2ccccc2)C(CN)C1.Cl. The van der Waals surface area contributed by atoms with Crippen molar-refractivity contribution < 1.29 is 8.42 Å². The Kier molecular flexibility index (Phi) is 6.45. The minimum Gasteiger partial charge on any atom is -0.329 e. The van der Waals surface area contributed by atoms with Crippen molar-refractivity contribution in [2.24, 2.45) is 11.7 Å². The van der Waals surface area contributed by atoms with Crippen molar-refractivity contribution in [2.75, 3.05) is 13.1 Å². The van der Waals surface area contributed by atoms with Crippen LogP contribution >= 0.6 is 12.4 Å². The number of sulfonamides is 1. The molecule has 0 radical (unpaired) electrons. The molecule has 6 heteroatoms. The summed E-state index contributed by atoms with van der Waals surface area (Å²) in [4.78, 5) is 0. The highest BCUT2D eigenvalue weighted by Gasteiger charge is 2.33. The number of benzene rings is 1. The maximum absolute atomic E-state index is 12.5. The van der Waals surface area contributed by atoms with Gasteiger partial charge >= 0.3 is 0 Å². The number of hydrogen-bond donors (Lipinski definition) is 1.